The second kappa shape index (κ2) is 12.3. The lowest BCUT2D eigenvalue weighted by Gasteiger charge is -2.37. The Bertz CT molecular complexity index is 1200. The van der Waals surface area contributed by atoms with Crippen LogP contribution in [-0.2, 0) is 4.74 Å². The Morgan fingerprint density at radius 3 is 2.08 bits per heavy atom. The molecule has 0 amide bonds. The first kappa shape index (κ1) is 26.6. The predicted octanol–water partition coefficient (Wildman–Crippen LogP) is 9.34. The highest BCUT2D eigenvalue weighted by atomic mass is 19.2. The Morgan fingerprint density at radius 2 is 1.47 bits per heavy atom. The van der Waals surface area contributed by atoms with Crippen molar-refractivity contribution in [2.45, 2.75) is 63.9 Å². The van der Waals surface area contributed by atoms with E-state index in [1.165, 1.54) is 43.7 Å². The van der Waals surface area contributed by atoms with Gasteiger partial charge < -0.3 is 9.47 Å². The maximum absolute atomic E-state index is 14.7. The van der Waals surface area contributed by atoms with Gasteiger partial charge in [-0.15, -0.1) is 6.58 Å². The maximum atomic E-state index is 14.7. The van der Waals surface area contributed by atoms with Crippen LogP contribution in [0.25, 0.3) is 22.3 Å². The molecule has 0 radical (unpaired) electrons. The molecule has 2 unspecified atom stereocenters. The van der Waals surface area contributed by atoms with Crippen molar-refractivity contribution >= 4 is 0 Å². The van der Waals surface area contributed by atoms with Gasteiger partial charge in [-0.2, -0.15) is 4.39 Å². The third-order valence-corrected chi connectivity index (χ3v) is 8.41. The van der Waals surface area contributed by atoms with Crippen LogP contribution in [0.15, 0.2) is 73.3 Å². The highest BCUT2D eigenvalue weighted by Gasteiger charge is 2.31. The van der Waals surface area contributed by atoms with Crippen molar-refractivity contribution in [1.29, 1.82) is 0 Å². The average molecular weight is 517 g/mol. The number of ether oxygens (including phenoxy) is 2. The summed E-state index contributed by atoms with van der Waals surface area (Å²) in [6.45, 7) is 7.04. The molecule has 2 atom stereocenters. The van der Waals surface area contributed by atoms with Gasteiger partial charge in [0.1, 0.15) is 0 Å². The second-order valence-electron chi connectivity index (χ2n) is 10.8. The summed E-state index contributed by atoms with van der Waals surface area (Å²) in [5, 5.41) is 0. The van der Waals surface area contributed by atoms with E-state index >= 15 is 0 Å². The first-order valence-electron chi connectivity index (χ1n) is 14.1. The summed E-state index contributed by atoms with van der Waals surface area (Å²) in [6, 6.07) is 19.4. The number of rotatable bonds is 8. The largest absolute Gasteiger partial charge is 0.490 e. The highest BCUT2D eigenvalue weighted by molar-refractivity contribution is 5.71. The van der Waals surface area contributed by atoms with E-state index in [-0.39, 0.29) is 11.3 Å². The molecule has 5 rings (SSSR count). The molecule has 2 fully saturated rings. The lowest BCUT2D eigenvalue weighted by Crippen LogP contribution is -2.33. The molecule has 3 aromatic carbocycles. The minimum Gasteiger partial charge on any atom is -0.490 e. The van der Waals surface area contributed by atoms with E-state index in [9.17, 15) is 8.78 Å². The molecule has 1 heterocycles. The van der Waals surface area contributed by atoms with Crippen LogP contribution < -0.4 is 4.74 Å². The first-order chi connectivity index (χ1) is 18.6. The topological polar surface area (TPSA) is 18.5 Å². The highest BCUT2D eigenvalue weighted by Crippen LogP contribution is 2.38. The summed E-state index contributed by atoms with van der Waals surface area (Å²) < 4.78 is 40.8. The van der Waals surface area contributed by atoms with E-state index in [1.807, 2.05) is 31.2 Å². The van der Waals surface area contributed by atoms with Crippen molar-refractivity contribution in [3.8, 4) is 28.0 Å². The molecular formula is C34H38F2O2. The van der Waals surface area contributed by atoms with Crippen LogP contribution in [0.4, 0.5) is 8.78 Å². The minimum atomic E-state index is -0.936. The molecule has 1 aliphatic heterocycles. The Hall–Kier alpha value is -2.98. The third kappa shape index (κ3) is 5.86. The first-order valence-corrected chi connectivity index (χ1v) is 14.1. The molecule has 38 heavy (non-hydrogen) atoms. The SMILES string of the molecule is C=CC1CCC(C2CCC(c3ccc(-c4ccc(-c5ccc(OCCC)c(F)c5F)cc4)cc3)CO2)CC1. The third-order valence-electron chi connectivity index (χ3n) is 8.41. The van der Waals surface area contributed by atoms with Crippen LogP contribution in [0.3, 0.4) is 0 Å². The molecule has 1 saturated heterocycles. The zero-order valence-corrected chi connectivity index (χ0v) is 22.3. The molecule has 200 valence electrons. The van der Waals surface area contributed by atoms with Gasteiger partial charge in [0.15, 0.2) is 11.6 Å². The number of hydrogen-bond acceptors (Lipinski definition) is 2. The number of hydrogen-bond donors (Lipinski definition) is 0. The fourth-order valence-electron chi connectivity index (χ4n) is 6.03. The van der Waals surface area contributed by atoms with Gasteiger partial charge in [-0.1, -0.05) is 61.5 Å². The van der Waals surface area contributed by atoms with Gasteiger partial charge >= 0.3 is 0 Å². The molecular weight excluding hydrogens is 478 g/mol. The summed E-state index contributed by atoms with van der Waals surface area (Å²) in [7, 11) is 0. The normalized spacial score (nSPS) is 23.7. The second-order valence-corrected chi connectivity index (χ2v) is 10.8. The van der Waals surface area contributed by atoms with Gasteiger partial charge in [-0.05, 0) is 91.2 Å². The van der Waals surface area contributed by atoms with Gasteiger partial charge in [-0.25, -0.2) is 4.39 Å². The molecule has 1 aliphatic carbocycles. The molecule has 0 N–H and O–H groups in total. The standard InChI is InChI=1S/C34H38F2O2/c1-3-21-37-32-20-18-30(33(35)34(32)36)27-15-13-25(14-16-27)24-9-11-26(12-10-24)29-17-19-31(38-22-29)28-7-5-23(4-2)6-8-28/h4,9-16,18,20,23,28-29,31H,2-3,5-8,17,19,21-22H2,1H3. The summed E-state index contributed by atoms with van der Waals surface area (Å²) in [4.78, 5) is 0. The van der Waals surface area contributed by atoms with Crippen molar-refractivity contribution in [3.05, 3.63) is 90.5 Å². The van der Waals surface area contributed by atoms with E-state index < -0.39 is 11.6 Å². The van der Waals surface area contributed by atoms with Crippen LogP contribution in [0.2, 0.25) is 0 Å². The lowest BCUT2D eigenvalue weighted by molar-refractivity contribution is -0.0419. The van der Waals surface area contributed by atoms with E-state index in [4.69, 9.17) is 9.47 Å². The van der Waals surface area contributed by atoms with Crippen molar-refractivity contribution in [3.63, 3.8) is 0 Å². The van der Waals surface area contributed by atoms with Gasteiger partial charge in [0.25, 0.3) is 0 Å². The summed E-state index contributed by atoms with van der Waals surface area (Å²) in [5.41, 5.74) is 4.33. The predicted molar refractivity (Wildman–Crippen MR) is 150 cm³/mol. The van der Waals surface area contributed by atoms with Gasteiger partial charge in [0, 0.05) is 11.5 Å². The molecule has 0 bridgehead atoms. The smallest absolute Gasteiger partial charge is 0.201 e. The quantitative estimate of drug-likeness (QED) is 0.278. The maximum Gasteiger partial charge on any atom is 0.201 e. The average Bonchev–Trinajstić information content (AvgIpc) is 2.98. The van der Waals surface area contributed by atoms with Crippen molar-refractivity contribution in [2.24, 2.45) is 11.8 Å². The van der Waals surface area contributed by atoms with Gasteiger partial charge in [0.05, 0.1) is 19.3 Å². The van der Waals surface area contributed by atoms with Crippen LogP contribution in [-0.4, -0.2) is 19.3 Å². The van der Waals surface area contributed by atoms with Gasteiger partial charge in [0.2, 0.25) is 5.82 Å². The monoisotopic (exact) mass is 516 g/mol. The fourth-order valence-corrected chi connectivity index (χ4v) is 6.03. The van der Waals surface area contributed by atoms with Crippen LogP contribution in [0, 0.1) is 23.5 Å². The number of benzene rings is 3. The van der Waals surface area contributed by atoms with Crippen LogP contribution in [0.5, 0.6) is 5.75 Å². The fraction of sp³-hybridized carbons (Fsp3) is 0.412. The van der Waals surface area contributed by atoms with E-state index in [2.05, 4.69) is 36.9 Å². The molecule has 3 aromatic rings. The summed E-state index contributed by atoms with van der Waals surface area (Å²) >= 11 is 0. The van der Waals surface area contributed by atoms with Crippen molar-refractivity contribution < 1.29 is 18.3 Å². The molecule has 0 aromatic heterocycles. The van der Waals surface area contributed by atoms with E-state index in [0.29, 0.717) is 36.0 Å². The lowest BCUT2D eigenvalue weighted by atomic mass is 9.77. The molecule has 0 spiro atoms. The van der Waals surface area contributed by atoms with Crippen LogP contribution in [0.1, 0.15) is 63.4 Å². The van der Waals surface area contributed by atoms with Gasteiger partial charge in [-0.3, -0.25) is 0 Å². The van der Waals surface area contributed by atoms with Crippen molar-refractivity contribution in [1.82, 2.24) is 0 Å². The molecule has 2 nitrogen and oxygen atoms in total. The Labute approximate surface area is 225 Å². The molecule has 1 saturated carbocycles. The Kier molecular flexibility index (Phi) is 8.58. The van der Waals surface area contributed by atoms with E-state index in [1.54, 1.807) is 6.07 Å². The molecule has 4 heteroatoms. The van der Waals surface area contributed by atoms with Crippen LogP contribution >= 0.6 is 0 Å². The zero-order chi connectivity index (χ0) is 26.5. The van der Waals surface area contributed by atoms with E-state index in [0.717, 1.165) is 30.6 Å². The number of allylic oxidation sites excluding steroid dienone is 1. The molecule has 2 aliphatic rings. The minimum absolute atomic E-state index is 0.0423. The zero-order valence-electron chi connectivity index (χ0n) is 22.3. The van der Waals surface area contributed by atoms with Crippen molar-refractivity contribution in [2.75, 3.05) is 13.2 Å². The summed E-state index contributed by atoms with van der Waals surface area (Å²) in [6.07, 6.45) is 10.6. The number of halogens is 2. The Balaban J connectivity index is 1.20. The Morgan fingerprint density at radius 1 is 0.816 bits per heavy atom. The summed E-state index contributed by atoms with van der Waals surface area (Å²) in [5.74, 6) is -0.0206.